The molecule has 0 saturated carbocycles. The highest BCUT2D eigenvalue weighted by Gasteiger charge is 2.55. The van der Waals surface area contributed by atoms with Gasteiger partial charge in [0.15, 0.2) is 11.8 Å². The van der Waals surface area contributed by atoms with Crippen LogP contribution in [0.4, 0.5) is 0 Å². The van der Waals surface area contributed by atoms with Crippen LogP contribution in [-0.4, -0.2) is 49.3 Å². The predicted octanol–water partition coefficient (Wildman–Crippen LogP) is -2.14. The Hall–Kier alpha value is -1.96. The van der Waals surface area contributed by atoms with Crippen molar-refractivity contribution in [3.05, 3.63) is 51.5 Å². The van der Waals surface area contributed by atoms with Gasteiger partial charge in [0, 0.05) is 12.3 Å². The minimum absolute atomic E-state index is 0.553. The quantitative estimate of drug-likeness (QED) is 0.469. The molecule has 0 radical (unpaired) electrons. The summed E-state index contributed by atoms with van der Waals surface area (Å²) in [5.41, 5.74) is -1.10. The normalized spacial score (nSPS) is 32.9. The highest BCUT2D eigenvalue weighted by molar-refractivity contribution is 5.13. The molecule has 4 atom stereocenters. The Kier molecular flexibility index (Phi) is 3.76. The van der Waals surface area contributed by atoms with Crippen LogP contribution < -0.4 is 11.2 Å². The van der Waals surface area contributed by atoms with Crippen molar-refractivity contribution < 1.29 is 20.1 Å². The molecule has 0 unspecified atom stereocenters. The Balaban J connectivity index is 2.56. The van der Waals surface area contributed by atoms with E-state index in [-0.39, 0.29) is 0 Å². The molecule has 1 fully saturated rings. The number of aromatic nitrogens is 2. The molecule has 108 valence electrons. The first-order valence-corrected chi connectivity index (χ1v) is 5.79. The van der Waals surface area contributed by atoms with Crippen molar-refractivity contribution in [1.29, 1.82) is 0 Å². The summed E-state index contributed by atoms with van der Waals surface area (Å²) in [7, 11) is 0. The second-order valence-corrected chi connectivity index (χ2v) is 4.41. The molecule has 8 heteroatoms. The molecule has 20 heavy (non-hydrogen) atoms. The first-order chi connectivity index (χ1) is 9.43. The molecule has 1 aliphatic heterocycles. The topological polar surface area (TPSA) is 125 Å². The van der Waals surface area contributed by atoms with Crippen molar-refractivity contribution in [2.24, 2.45) is 0 Å². The number of hydrogen-bond donors (Lipinski definition) is 4. The monoisotopic (exact) mass is 282 g/mol. The second kappa shape index (κ2) is 5.20. The lowest BCUT2D eigenvalue weighted by molar-refractivity contribution is -0.0814. The lowest BCUT2D eigenvalue weighted by Crippen LogP contribution is -2.47. The third-order valence-corrected chi connectivity index (χ3v) is 3.14. The number of nitrogens with zero attached hydrogens (tertiary/aromatic N) is 1. The molecular weight excluding hydrogens is 268 g/mol. The largest absolute Gasteiger partial charge is 0.394 e. The van der Waals surface area contributed by atoms with Gasteiger partial charge in [0.05, 0.1) is 6.61 Å². The van der Waals surface area contributed by atoms with Crippen molar-refractivity contribution in [3.8, 4) is 0 Å². The molecule has 4 N–H and O–H groups in total. The van der Waals surface area contributed by atoms with Crippen LogP contribution in [0.5, 0.6) is 0 Å². The minimum Gasteiger partial charge on any atom is -0.394 e. The van der Waals surface area contributed by atoms with Crippen LogP contribution in [0.2, 0.25) is 0 Å². The van der Waals surface area contributed by atoms with Crippen LogP contribution in [0.3, 0.4) is 0 Å². The number of aromatic amines is 1. The van der Waals surface area contributed by atoms with Crippen molar-refractivity contribution in [2.75, 3.05) is 6.61 Å². The van der Waals surface area contributed by atoms with Gasteiger partial charge in [0.1, 0.15) is 12.2 Å². The van der Waals surface area contributed by atoms with Crippen molar-refractivity contribution in [3.63, 3.8) is 0 Å². The smallest absolute Gasteiger partial charge is 0.330 e. The van der Waals surface area contributed by atoms with Gasteiger partial charge in [-0.2, -0.15) is 0 Å². The summed E-state index contributed by atoms with van der Waals surface area (Å²) >= 11 is 0. The van der Waals surface area contributed by atoms with E-state index in [1.807, 2.05) is 4.98 Å². The molecule has 2 rings (SSSR count). The average Bonchev–Trinajstić information content (AvgIpc) is 2.63. The van der Waals surface area contributed by atoms with E-state index in [1.165, 1.54) is 0 Å². The zero-order valence-electron chi connectivity index (χ0n) is 10.4. The molecular formula is C12H14N2O6. The molecule has 1 aliphatic rings. The Bertz CT molecular complexity index is 658. The second-order valence-electron chi connectivity index (χ2n) is 4.41. The van der Waals surface area contributed by atoms with Gasteiger partial charge in [-0.05, 0) is 6.08 Å². The Morgan fingerprint density at radius 1 is 1.60 bits per heavy atom. The van der Waals surface area contributed by atoms with E-state index in [4.69, 9.17) is 9.84 Å². The van der Waals surface area contributed by atoms with Crippen molar-refractivity contribution in [2.45, 2.75) is 24.0 Å². The summed E-state index contributed by atoms with van der Waals surface area (Å²) in [6.07, 6.45) is -1.72. The third-order valence-electron chi connectivity index (χ3n) is 3.14. The van der Waals surface area contributed by atoms with Gasteiger partial charge >= 0.3 is 5.69 Å². The Labute approximate surface area is 112 Å². The van der Waals surface area contributed by atoms with E-state index < -0.39 is 41.9 Å². The van der Waals surface area contributed by atoms with E-state index in [2.05, 4.69) is 12.3 Å². The fraction of sp³-hybridized carbons (Fsp3) is 0.417. The molecule has 0 aliphatic carbocycles. The van der Waals surface area contributed by atoms with E-state index in [9.17, 15) is 19.8 Å². The van der Waals surface area contributed by atoms with Crippen molar-refractivity contribution >= 4 is 0 Å². The molecule has 8 nitrogen and oxygen atoms in total. The van der Waals surface area contributed by atoms with Gasteiger partial charge in [0.25, 0.3) is 5.56 Å². The van der Waals surface area contributed by atoms with Gasteiger partial charge in [-0.25, -0.2) is 4.79 Å². The lowest BCUT2D eigenvalue weighted by Gasteiger charge is -2.27. The van der Waals surface area contributed by atoms with Gasteiger partial charge in [-0.15, -0.1) is 5.73 Å². The van der Waals surface area contributed by atoms with Crippen molar-refractivity contribution in [1.82, 2.24) is 9.55 Å². The maximum absolute atomic E-state index is 11.7. The molecule has 1 aromatic rings. The summed E-state index contributed by atoms with van der Waals surface area (Å²) in [5.74, 6) is 0. The SMILES string of the molecule is C=C=C[C@@]1(O)[C@H](O)[C@@H](CO)O[C@H]1n1ccc(=O)[nH]c1=O. The molecule has 0 bridgehead atoms. The standard InChI is InChI=1S/C12H14N2O6/c1-2-4-12(19)9(17)7(6-15)20-10(12)14-5-3-8(16)13-11(14)18/h3-5,7,9-10,15,17,19H,1,6H2,(H,13,16,18)/t7-,9-,10-,12-/m1/s1. The number of ether oxygens (including phenoxy) is 1. The van der Waals surface area contributed by atoms with Crippen LogP contribution in [0.15, 0.2) is 40.2 Å². The summed E-state index contributed by atoms with van der Waals surface area (Å²) < 4.78 is 6.20. The molecule has 2 heterocycles. The van der Waals surface area contributed by atoms with Crippen LogP contribution in [0.1, 0.15) is 6.23 Å². The molecule has 0 aromatic carbocycles. The third kappa shape index (κ3) is 2.15. The Morgan fingerprint density at radius 3 is 2.85 bits per heavy atom. The van der Waals surface area contributed by atoms with Gasteiger partial charge < -0.3 is 20.1 Å². The number of aliphatic hydroxyl groups excluding tert-OH is 2. The first kappa shape index (κ1) is 14.4. The molecule has 0 amide bonds. The maximum Gasteiger partial charge on any atom is 0.330 e. The van der Waals surface area contributed by atoms with Crippen LogP contribution in [0, 0.1) is 0 Å². The van der Waals surface area contributed by atoms with Crippen LogP contribution in [0.25, 0.3) is 0 Å². The predicted molar refractivity (Wildman–Crippen MR) is 67.0 cm³/mol. The molecule has 1 saturated heterocycles. The van der Waals surface area contributed by atoms with Crippen LogP contribution >= 0.6 is 0 Å². The van der Waals surface area contributed by atoms with E-state index in [0.717, 1.165) is 22.9 Å². The summed E-state index contributed by atoms with van der Waals surface area (Å²) in [4.78, 5) is 24.8. The summed E-state index contributed by atoms with van der Waals surface area (Å²) in [5, 5.41) is 29.6. The summed E-state index contributed by atoms with van der Waals surface area (Å²) in [6.45, 7) is 2.75. The maximum atomic E-state index is 11.7. The number of rotatable bonds is 3. The zero-order valence-corrected chi connectivity index (χ0v) is 10.4. The number of hydrogen-bond acceptors (Lipinski definition) is 6. The molecule has 1 aromatic heterocycles. The zero-order chi connectivity index (χ0) is 14.9. The Morgan fingerprint density at radius 2 is 2.30 bits per heavy atom. The first-order valence-electron chi connectivity index (χ1n) is 5.79. The highest BCUT2D eigenvalue weighted by atomic mass is 16.6. The van der Waals surface area contributed by atoms with Gasteiger partial charge in [-0.3, -0.25) is 14.3 Å². The van der Waals surface area contributed by atoms with Crippen LogP contribution in [-0.2, 0) is 4.74 Å². The molecule has 0 spiro atoms. The fourth-order valence-electron chi connectivity index (χ4n) is 2.16. The van der Waals surface area contributed by atoms with Gasteiger partial charge in [-0.1, -0.05) is 6.58 Å². The number of aliphatic hydroxyl groups is 3. The van der Waals surface area contributed by atoms with E-state index in [0.29, 0.717) is 0 Å². The fourth-order valence-corrected chi connectivity index (χ4v) is 2.16. The average molecular weight is 282 g/mol. The number of H-pyrrole nitrogens is 1. The van der Waals surface area contributed by atoms with Gasteiger partial charge in [0.2, 0.25) is 0 Å². The highest BCUT2D eigenvalue weighted by Crippen LogP contribution is 2.38. The lowest BCUT2D eigenvalue weighted by atomic mass is 9.94. The minimum atomic E-state index is -2.00. The van der Waals surface area contributed by atoms with E-state index >= 15 is 0 Å². The summed E-state index contributed by atoms with van der Waals surface area (Å²) in [6, 6.07) is 1.07. The number of nitrogens with one attached hydrogen (secondary N) is 1. The van der Waals surface area contributed by atoms with E-state index in [1.54, 1.807) is 0 Å².